The van der Waals surface area contributed by atoms with Crippen LogP contribution in [0.2, 0.25) is 5.02 Å². The van der Waals surface area contributed by atoms with Crippen molar-refractivity contribution in [3.63, 3.8) is 0 Å². The lowest BCUT2D eigenvalue weighted by molar-refractivity contribution is 0.0209. The van der Waals surface area contributed by atoms with Crippen molar-refractivity contribution < 1.29 is 13.2 Å². The minimum atomic E-state index is -3.49. The standard InChI is InChI=1S/C15H23ClN2O3S.ClH/c1-12-14(16)4-2-5-15(12)22(19,20)18-9-6-13(7-10-18)21-11-3-8-17;/h2,4-5,13H,3,6-11,17H2,1H3;1H. The fraction of sp³-hybridized carbons (Fsp3) is 0.600. The largest absolute Gasteiger partial charge is 0.378 e. The first-order valence-corrected chi connectivity index (χ1v) is 9.35. The number of hydrogen-bond acceptors (Lipinski definition) is 4. The highest BCUT2D eigenvalue weighted by Crippen LogP contribution is 2.27. The topological polar surface area (TPSA) is 72.6 Å². The molecule has 0 radical (unpaired) electrons. The fourth-order valence-electron chi connectivity index (χ4n) is 2.58. The number of halogens is 2. The zero-order valence-electron chi connectivity index (χ0n) is 13.2. The van der Waals surface area contributed by atoms with Crippen molar-refractivity contribution in [3.05, 3.63) is 28.8 Å². The van der Waals surface area contributed by atoms with E-state index in [0.29, 0.717) is 54.6 Å². The van der Waals surface area contributed by atoms with Gasteiger partial charge in [0.1, 0.15) is 0 Å². The molecule has 0 saturated carbocycles. The number of piperidine rings is 1. The molecule has 1 aliphatic rings. The molecule has 0 atom stereocenters. The molecule has 0 aromatic heterocycles. The van der Waals surface area contributed by atoms with Gasteiger partial charge in [-0.2, -0.15) is 4.31 Å². The lowest BCUT2D eigenvalue weighted by atomic mass is 10.1. The Kier molecular flexibility index (Phi) is 8.27. The van der Waals surface area contributed by atoms with Crippen LogP contribution in [-0.4, -0.2) is 45.1 Å². The van der Waals surface area contributed by atoms with Gasteiger partial charge in [-0.15, -0.1) is 12.4 Å². The highest BCUT2D eigenvalue weighted by molar-refractivity contribution is 7.89. The van der Waals surface area contributed by atoms with E-state index in [2.05, 4.69) is 0 Å². The predicted molar refractivity (Wildman–Crippen MR) is 94.8 cm³/mol. The zero-order valence-corrected chi connectivity index (χ0v) is 15.6. The van der Waals surface area contributed by atoms with Gasteiger partial charge in [0.15, 0.2) is 0 Å². The van der Waals surface area contributed by atoms with Gasteiger partial charge in [0, 0.05) is 24.7 Å². The summed E-state index contributed by atoms with van der Waals surface area (Å²) in [6, 6.07) is 4.98. The van der Waals surface area contributed by atoms with Crippen molar-refractivity contribution in [2.45, 2.75) is 37.2 Å². The molecule has 0 amide bonds. The van der Waals surface area contributed by atoms with Crippen molar-refractivity contribution in [3.8, 4) is 0 Å². The summed E-state index contributed by atoms with van der Waals surface area (Å²) in [7, 11) is -3.49. The molecule has 132 valence electrons. The van der Waals surface area contributed by atoms with E-state index in [9.17, 15) is 8.42 Å². The smallest absolute Gasteiger partial charge is 0.243 e. The quantitative estimate of drug-likeness (QED) is 0.767. The minimum absolute atomic E-state index is 0. The molecule has 5 nitrogen and oxygen atoms in total. The normalized spacial score (nSPS) is 17.0. The lowest BCUT2D eigenvalue weighted by Crippen LogP contribution is -2.41. The van der Waals surface area contributed by atoms with Gasteiger partial charge in [0.25, 0.3) is 0 Å². The van der Waals surface area contributed by atoms with Gasteiger partial charge >= 0.3 is 0 Å². The van der Waals surface area contributed by atoms with Crippen molar-refractivity contribution in [1.29, 1.82) is 0 Å². The van der Waals surface area contributed by atoms with Crippen LogP contribution in [0.4, 0.5) is 0 Å². The second-order valence-electron chi connectivity index (χ2n) is 5.48. The van der Waals surface area contributed by atoms with Crippen molar-refractivity contribution in [2.24, 2.45) is 5.73 Å². The Morgan fingerprint density at radius 3 is 2.61 bits per heavy atom. The number of nitrogens with zero attached hydrogens (tertiary/aromatic N) is 1. The second-order valence-corrected chi connectivity index (χ2v) is 7.79. The van der Waals surface area contributed by atoms with Crippen LogP contribution in [0.5, 0.6) is 0 Å². The molecule has 1 aromatic carbocycles. The maximum Gasteiger partial charge on any atom is 0.243 e. The molecular weight excluding hydrogens is 359 g/mol. The van der Waals surface area contributed by atoms with Crippen LogP contribution in [0.3, 0.4) is 0 Å². The molecule has 0 unspecified atom stereocenters. The van der Waals surface area contributed by atoms with Gasteiger partial charge in [-0.1, -0.05) is 17.7 Å². The van der Waals surface area contributed by atoms with Gasteiger partial charge in [-0.05, 0) is 50.4 Å². The summed E-state index contributed by atoms with van der Waals surface area (Å²) in [5, 5.41) is 0.473. The Hall–Kier alpha value is -0.370. The minimum Gasteiger partial charge on any atom is -0.378 e. The van der Waals surface area contributed by atoms with Gasteiger partial charge in [-0.25, -0.2) is 8.42 Å². The molecular formula is C15H24Cl2N2O3S. The van der Waals surface area contributed by atoms with Crippen molar-refractivity contribution in [1.82, 2.24) is 4.31 Å². The summed E-state index contributed by atoms with van der Waals surface area (Å²) in [5.74, 6) is 0. The van der Waals surface area contributed by atoms with Crippen LogP contribution >= 0.6 is 24.0 Å². The third-order valence-corrected chi connectivity index (χ3v) is 6.39. The maximum absolute atomic E-state index is 12.7. The number of rotatable bonds is 6. The Morgan fingerprint density at radius 2 is 2.00 bits per heavy atom. The molecule has 1 fully saturated rings. The first-order valence-electron chi connectivity index (χ1n) is 7.53. The fourth-order valence-corrected chi connectivity index (χ4v) is 4.53. The molecule has 1 aromatic rings. The molecule has 1 aliphatic heterocycles. The van der Waals surface area contributed by atoms with Crippen LogP contribution < -0.4 is 5.73 Å². The van der Waals surface area contributed by atoms with Crippen molar-refractivity contribution >= 4 is 34.0 Å². The van der Waals surface area contributed by atoms with Crippen LogP contribution in [-0.2, 0) is 14.8 Å². The molecule has 2 rings (SSSR count). The van der Waals surface area contributed by atoms with E-state index >= 15 is 0 Å². The second kappa shape index (κ2) is 9.20. The van der Waals surface area contributed by atoms with E-state index in [0.717, 1.165) is 6.42 Å². The van der Waals surface area contributed by atoms with Crippen LogP contribution in [0, 0.1) is 6.92 Å². The Balaban J connectivity index is 0.00000264. The summed E-state index contributed by atoms with van der Waals surface area (Å²) < 4.78 is 32.7. The predicted octanol–water partition coefficient (Wildman–Crippen LogP) is 2.59. The van der Waals surface area contributed by atoms with Crippen LogP contribution in [0.15, 0.2) is 23.1 Å². The van der Waals surface area contributed by atoms with Gasteiger partial charge in [-0.3, -0.25) is 0 Å². The molecule has 0 bridgehead atoms. The number of benzene rings is 1. The average Bonchev–Trinajstić information content (AvgIpc) is 2.50. The van der Waals surface area contributed by atoms with E-state index < -0.39 is 10.0 Å². The molecule has 2 N–H and O–H groups in total. The monoisotopic (exact) mass is 382 g/mol. The maximum atomic E-state index is 12.7. The summed E-state index contributed by atoms with van der Waals surface area (Å²) in [4.78, 5) is 0.294. The highest BCUT2D eigenvalue weighted by Gasteiger charge is 2.30. The molecule has 8 heteroatoms. The van der Waals surface area contributed by atoms with Gasteiger partial charge < -0.3 is 10.5 Å². The highest BCUT2D eigenvalue weighted by atomic mass is 35.5. The molecule has 0 spiro atoms. The number of ether oxygens (including phenoxy) is 1. The Morgan fingerprint density at radius 1 is 1.35 bits per heavy atom. The van der Waals surface area contributed by atoms with Crippen LogP contribution in [0.25, 0.3) is 0 Å². The summed E-state index contributed by atoms with van der Waals surface area (Å²) >= 11 is 6.04. The van der Waals surface area contributed by atoms with Gasteiger partial charge in [0.2, 0.25) is 10.0 Å². The summed E-state index contributed by atoms with van der Waals surface area (Å²) in [5.41, 5.74) is 6.04. The third-order valence-electron chi connectivity index (χ3n) is 3.94. The summed E-state index contributed by atoms with van der Waals surface area (Å²) in [6.45, 7) is 3.93. The van der Waals surface area contributed by atoms with E-state index in [-0.39, 0.29) is 18.5 Å². The molecule has 1 heterocycles. The number of nitrogens with two attached hydrogens (primary N) is 1. The van der Waals surface area contributed by atoms with E-state index in [1.807, 2.05) is 0 Å². The van der Waals surface area contributed by atoms with Gasteiger partial charge in [0.05, 0.1) is 11.0 Å². The first-order chi connectivity index (χ1) is 10.5. The van der Waals surface area contributed by atoms with Crippen molar-refractivity contribution in [2.75, 3.05) is 26.2 Å². The Labute approximate surface area is 149 Å². The zero-order chi connectivity index (χ0) is 16.2. The van der Waals surface area contributed by atoms with Crippen LogP contribution in [0.1, 0.15) is 24.8 Å². The third kappa shape index (κ3) is 5.05. The molecule has 0 aliphatic carbocycles. The van der Waals surface area contributed by atoms with E-state index in [1.165, 1.54) is 4.31 Å². The Bertz CT molecular complexity index is 603. The number of hydrogen-bond donors (Lipinski definition) is 1. The average molecular weight is 383 g/mol. The first kappa shape index (κ1) is 20.7. The summed E-state index contributed by atoms with van der Waals surface area (Å²) in [6.07, 6.45) is 2.38. The SMILES string of the molecule is Cc1c(Cl)cccc1S(=O)(=O)N1CCC(OCCCN)CC1.Cl. The number of sulfonamides is 1. The molecule has 23 heavy (non-hydrogen) atoms. The van der Waals surface area contributed by atoms with E-state index in [4.69, 9.17) is 22.1 Å². The van der Waals surface area contributed by atoms with E-state index in [1.54, 1.807) is 25.1 Å². The lowest BCUT2D eigenvalue weighted by Gasteiger charge is -2.31. The molecule has 1 saturated heterocycles.